The number of hydrogen-bond acceptors (Lipinski definition) is 2. The summed E-state index contributed by atoms with van der Waals surface area (Å²) >= 11 is 0. The second-order valence-corrected chi connectivity index (χ2v) is 5.94. The molecule has 0 bridgehead atoms. The van der Waals surface area contributed by atoms with Crippen molar-refractivity contribution in [3.8, 4) is 0 Å². The van der Waals surface area contributed by atoms with Gasteiger partial charge < -0.3 is 9.72 Å². The van der Waals surface area contributed by atoms with Gasteiger partial charge in [-0.05, 0) is 37.7 Å². The molecule has 0 aliphatic heterocycles. The van der Waals surface area contributed by atoms with Gasteiger partial charge in [0.25, 0.3) is 0 Å². The smallest absolute Gasteiger partial charge is 0.165 e. The van der Waals surface area contributed by atoms with Crippen molar-refractivity contribution >= 4 is 16.7 Å². The normalized spacial score (nSPS) is 21.4. The molecule has 0 radical (unpaired) electrons. The molecule has 1 aliphatic carbocycles. The predicted molar refractivity (Wildman–Crippen MR) is 84.8 cm³/mol. The first kappa shape index (κ1) is 14.3. The third-order valence-corrected chi connectivity index (χ3v) is 4.55. The molecule has 1 aromatic heterocycles. The lowest BCUT2D eigenvalue weighted by molar-refractivity contribution is -0.0245. The van der Waals surface area contributed by atoms with Crippen LogP contribution in [0.25, 0.3) is 10.9 Å². The third kappa shape index (κ3) is 2.75. The van der Waals surface area contributed by atoms with Crippen molar-refractivity contribution in [2.24, 2.45) is 5.92 Å². The van der Waals surface area contributed by atoms with Crippen molar-refractivity contribution < 1.29 is 9.53 Å². The molecule has 2 aromatic rings. The van der Waals surface area contributed by atoms with E-state index in [1.807, 2.05) is 25.3 Å². The van der Waals surface area contributed by atoms with Gasteiger partial charge in [0.15, 0.2) is 5.78 Å². The van der Waals surface area contributed by atoms with Crippen LogP contribution in [0.3, 0.4) is 0 Å². The molecule has 1 aromatic carbocycles. The van der Waals surface area contributed by atoms with Gasteiger partial charge in [0, 0.05) is 35.7 Å². The summed E-state index contributed by atoms with van der Waals surface area (Å²) in [6.45, 7) is 4.93. The van der Waals surface area contributed by atoms with Gasteiger partial charge in [-0.1, -0.05) is 25.1 Å². The number of aryl methyl sites for hydroxylation is 1. The number of Topliss-reactive ketones (excluding diaryl/α,β-unsaturated/α-hetero) is 1. The van der Waals surface area contributed by atoms with Crippen LogP contribution in [0.4, 0.5) is 0 Å². The predicted octanol–water partition coefficient (Wildman–Crippen LogP) is 4.12. The molecule has 0 saturated heterocycles. The molecule has 0 atom stereocenters. The van der Waals surface area contributed by atoms with Crippen LogP contribution < -0.4 is 0 Å². The molecule has 1 aliphatic rings. The lowest BCUT2D eigenvalue weighted by atomic mass is 9.78. The highest BCUT2D eigenvalue weighted by molar-refractivity contribution is 6.08. The van der Waals surface area contributed by atoms with Gasteiger partial charge in [0.05, 0.1) is 6.10 Å². The summed E-state index contributed by atoms with van der Waals surface area (Å²) in [5, 5.41) is 1.07. The minimum Gasteiger partial charge on any atom is -0.378 e. The molecule has 1 heterocycles. The largest absolute Gasteiger partial charge is 0.378 e. The van der Waals surface area contributed by atoms with E-state index in [1.165, 1.54) is 5.56 Å². The van der Waals surface area contributed by atoms with Gasteiger partial charge in [0.1, 0.15) is 0 Å². The van der Waals surface area contributed by atoms with Crippen molar-refractivity contribution in [2.45, 2.75) is 45.6 Å². The van der Waals surface area contributed by atoms with Crippen molar-refractivity contribution in [1.29, 1.82) is 0 Å². The monoisotopic (exact) mass is 285 g/mol. The molecule has 3 nitrogen and oxygen atoms in total. The second kappa shape index (κ2) is 6.02. The first-order chi connectivity index (χ1) is 10.2. The number of H-pyrrole nitrogens is 1. The number of ketones is 1. The Hall–Kier alpha value is -1.61. The molecule has 1 N–H and O–H groups in total. The number of rotatable bonds is 6. The van der Waals surface area contributed by atoms with Gasteiger partial charge >= 0.3 is 0 Å². The molecule has 0 spiro atoms. The number of benzene rings is 1. The summed E-state index contributed by atoms with van der Waals surface area (Å²) in [6.07, 6.45) is 5.94. The summed E-state index contributed by atoms with van der Waals surface area (Å²) in [6, 6.07) is 6.20. The van der Waals surface area contributed by atoms with E-state index in [2.05, 4.69) is 18.0 Å². The standard InChI is InChI=1S/C18H23NO2/c1-3-13-6-5-7-15-16(11-19-18(13)15)17(20)10-12-8-14(9-12)21-4-2/h5-7,11-12,14,19H,3-4,8-10H2,1-2H3. The minimum absolute atomic E-state index is 0.259. The number of carbonyl (C=O) groups excluding carboxylic acids is 1. The van der Waals surface area contributed by atoms with E-state index in [4.69, 9.17) is 4.74 Å². The Morgan fingerprint density at radius 2 is 2.14 bits per heavy atom. The molecule has 0 unspecified atom stereocenters. The fraction of sp³-hybridized carbons (Fsp3) is 0.500. The maximum atomic E-state index is 12.5. The van der Waals surface area contributed by atoms with Crippen LogP contribution in [-0.4, -0.2) is 23.5 Å². The van der Waals surface area contributed by atoms with Crippen molar-refractivity contribution in [3.05, 3.63) is 35.5 Å². The summed E-state index contributed by atoms with van der Waals surface area (Å²) in [4.78, 5) is 15.8. The zero-order valence-corrected chi connectivity index (χ0v) is 12.8. The number of carbonyl (C=O) groups is 1. The van der Waals surface area contributed by atoms with Gasteiger partial charge in [-0.25, -0.2) is 0 Å². The van der Waals surface area contributed by atoms with E-state index >= 15 is 0 Å². The van der Waals surface area contributed by atoms with Crippen LogP contribution in [0.2, 0.25) is 0 Å². The zero-order valence-electron chi connectivity index (χ0n) is 12.8. The van der Waals surface area contributed by atoms with Crippen LogP contribution in [-0.2, 0) is 11.2 Å². The Balaban J connectivity index is 1.71. The van der Waals surface area contributed by atoms with E-state index in [-0.39, 0.29) is 5.78 Å². The van der Waals surface area contributed by atoms with Crippen LogP contribution in [0.15, 0.2) is 24.4 Å². The Labute approximate surface area is 125 Å². The van der Waals surface area contributed by atoms with Crippen molar-refractivity contribution in [1.82, 2.24) is 4.98 Å². The van der Waals surface area contributed by atoms with Crippen molar-refractivity contribution in [3.63, 3.8) is 0 Å². The minimum atomic E-state index is 0.259. The molecule has 0 amide bonds. The van der Waals surface area contributed by atoms with Gasteiger partial charge in [-0.3, -0.25) is 4.79 Å². The van der Waals surface area contributed by atoms with Gasteiger partial charge in [-0.15, -0.1) is 0 Å². The summed E-state index contributed by atoms with van der Waals surface area (Å²) in [5.41, 5.74) is 3.23. The zero-order chi connectivity index (χ0) is 14.8. The lowest BCUT2D eigenvalue weighted by Crippen LogP contribution is -2.32. The molecular formula is C18H23NO2. The lowest BCUT2D eigenvalue weighted by Gasteiger charge is -2.34. The third-order valence-electron chi connectivity index (χ3n) is 4.55. The number of para-hydroxylation sites is 1. The Bertz CT molecular complexity index is 638. The highest BCUT2D eigenvalue weighted by Crippen LogP contribution is 2.34. The molecule has 21 heavy (non-hydrogen) atoms. The number of aromatic nitrogens is 1. The first-order valence-electron chi connectivity index (χ1n) is 7.96. The molecule has 1 fully saturated rings. The highest BCUT2D eigenvalue weighted by Gasteiger charge is 2.31. The number of aromatic amines is 1. The van der Waals surface area contributed by atoms with Crippen molar-refractivity contribution in [2.75, 3.05) is 6.61 Å². The average Bonchev–Trinajstić information content (AvgIpc) is 2.88. The average molecular weight is 285 g/mol. The summed E-state index contributed by atoms with van der Waals surface area (Å²) < 4.78 is 5.56. The molecule has 1 saturated carbocycles. The molecular weight excluding hydrogens is 262 g/mol. The van der Waals surface area contributed by atoms with Gasteiger partial charge in [-0.2, -0.15) is 0 Å². The Morgan fingerprint density at radius 1 is 1.33 bits per heavy atom. The van der Waals surface area contributed by atoms with E-state index in [1.54, 1.807) is 0 Å². The number of hydrogen-bond donors (Lipinski definition) is 1. The first-order valence-corrected chi connectivity index (χ1v) is 7.96. The van der Waals surface area contributed by atoms with E-state index in [0.717, 1.165) is 42.3 Å². The fourth-order valence-electron chi connectivity index (χ4n) is 3.33. The number of ether oxygens (including phenoxy) is 1. The maximum absolute atomic E-state index is 12.5. The van der Waals surface area contributed by atoms with Crippen LogP contribution >= 0.6 is 0 Å². The second-order valence-electron chi connectivity index (χ2n) is 5.94. The van der Waals surface area contributed by atoms with E-state index < -0.39 is 0 Å². The fourth-order valence-corrected chi connectivity index (χ4v) is 3.33. The number of fused-ring (bicyclic) bond motifs is 1. The number of nitrogens with one attached hydrogen (secondary N) is 1. The van der Waals surface area contributed by atoms with Gasteiger partial charge in [0.2, 0.25) is 0 Å². The summed E-state index contributed by atoms with van der Waals surface area (Å²) in [5.74, 6) is 0.753. The SMILES string of the molecule is CCOC1CC(CC(=O)c2c[nH]c3c(CC)cccc23)C1. The van der Waals surface area contributed by atoms with Crippen LogP contribution in [0, 0.1) is 5.92 Å². The topological polar surface area (TPSA) is 42.1 Å². The quantitative estimate of drug-likeness (QED) is 0.811. The summed E-state index contributed by atoms with van der Waals surface area (Å²) in [7, 11) is 0. The van der Waals surface area contributed by atoms with Crippen LogP contribution in [0.1, 0.15) is 49.0 Å². The maximum Gasteiger partial charge on any atom is 0.165 e. The Morgan fingerprint density at radius 3 is 2.86 bits per heavy atom. The molecule has 3 rings (SSSR count). The van der Waals surface area contributed by atoms with E-state index in [9.17, 15) is 4.79 Å². The Kier molecular flexibility index (Phi) is 4.11. The molecule has 112 valence electrons. The van der Waals surface area contributed by atoms with E-state index in [0.29, 0.717) is 18.4 Å². The molecule has 3 heteroatoms. The van der Waals surface area contributed by atoms with Crippen LogP contribution in [0.5, 0.6) is 0 Å². The highest BCUT2D eigenvalue weighted by atomic mass is 16.5.